The number of aliphatic hydroxyl groups excluding tert-OH is 1. The smallest absolute Gasteiger partial charge is 0.286 e. The number of nitrogens with two attached hydrogens (primary N) is 1. The molecule has 0 unspecified atom stereocenters. The maximum atomic E-state index is 11.5. The molecule has 5 aromatic rings. The SMILES string of the molecule is Cc1c(COc2cc(OCc3cncc(C#N)c3)c(CNCc3ccnc(C(N)=O)n3)cc2Cl)cccc1-c1cccc(OCCCN2CC[C@@H](O)C2)c1C. The van der Waals surface area contributed by atoms with Crippen LogP contribution in [0.5, 0.6) is 17.2 Å². The van der Waals surface area contributed by atoms with Crippen molar-refractivity contribution in [3.8, 4) is 34.4 Å². The fourth-order valence-corrected chi connectivity index (χ4v) is 6.76. The number of halogens is 1. The number of hydrogen-bond donors (Lipinski definition) is 3. The summed E-state index contributed by atoms with van der Waals surface area (Å²) in [7, 11) is 0. The summed E-state index contributed by atoms with van der Waals surface area (Å²) in [5, 5.41) is 22.9. The molecule has 284 valence electrons. The lowest BCUT2D eigenvalue weighted by atomic mass is 9.93. The summed E-state index contributed by atoms with van der Waals surface area (Å²) in [4.78, 5) is 26.1. The molecule has 4 N–H and O–H groups in total. The fourth-order valence-electron chi connectivity index (χ4n) is 6.52. The summed E-state index contributed by atoms with van der Waals surface area (Å²) < 4.78 is 18.9. The Labute approximate surface area is 325 Å². The van der Waals surface area contributed by atoms with Gasteiger partial charge >= 0.3 is 0 Å². The predicted molar refractivity (Wildman–Crippen MR) is 209 cm³/mol. The molecule has 1 aliphatic heterocycles. The molecule has 0 aliphatic carbocycles. The molecule has 0 bridgehead atoms. The Bertz CT molecular complexity index is 2180. The molecular weight excluding hydrogens is 718 g/mol. The number of benzene rings is 3. The van der Waals surface area contributed by atoms with E-state index in [9.17, 15) is 15.2 Å². The molecule has 1 aliphatic rings. The van der Waals surface area contributed by atoms with Crippen LogP contribution in [0.15, 0.2) is 79.3 Å². The number of nitrogens with one attached hydrogen (secondary N) is 1. The second kappa shape index (κ2) is 18.6. The van der Waals surface area contributed by atoms with Gasteiger partial charge in [-0.15, -0.1) is 0 Å². The van der Waals surface area contributed by atoms with Crippen LogP contribution in [0.25, 0.3) is 11.1 Å². The number of amides is 1. The Morgan fingerprint density at radius 2 is 1.78 bits per heavy atom. The van der Waals surface area contributed by atoms with Crippen molar-refractivity contribution >= 4 is 17.5 Å². The second-order valence-corrected chi connectivity index (χ2v) is 13.9. The van der Waals surface area contributed by atoms with E-state index in [1.807, 2.05) is 24.3 Å². The van der Waals surface area contributed by atoms with E-state index < -0.39 is 5.91 Å². The van der Waals surface area contributed by atoms with E-state index in [1.165, 1.54) is 12.4 Å². The van der Waals surface area contributed by atoms with Gasteiger partial charge < -0.3 is 35.3 Å². The third-order valence-corrected chi connectivity index (χ3v) is 9.81. The van der Waals surface area contributed by atoms with E-state index in [2.05, 4.69) is 57.2 Å². The Morgan fingerprint density at radius 1 is 0.982 bits per heavy atom. The van der Waals surface area contributed by atoms with E-state index in [0.717, 1.165) is 77.2 Å². The first kappa shape index (κ1) is 39.1. The Kier molecular flexibility index (Phi) is 13.3. The van der Waals surface area contributed by atoms with Gasteiger partial charge in [0, 0.05) is 68.5 Å². The fraction of sp³-hybridized carbons (Fsp3) is 0.310. The molecule has 0 radical (unpaired) electrons. The third kappa shape index (κ3) is 10.3. The van der Waals surface area contributed by atoms with Crippen molar-refractivity contribution in [1.29, 1.82) is 5.26 Å². The molecule has 13 heteroatoms. The molecule has 1 fully saturated rings. The van der Waals surface area contributed by atoms with Crippen LogP contribution >= 0.6 is 11.6 Å². The average molecular weight is 762 g/mol. The van der Waals surface area contributed by atoms with Crippen LogP contribution in [0, 0.1) is 25.2 Å². The number of nitriles is 1. The molecule has 1 atom stereocenters. The van der Waals surface area contributed by atoms with Gasteiger partial charge in [-0.25, -0.2) is 9.97 Å². The van der Waals surface area contributed by atoms with Crippen LogP contribution in [0.3, 0.4) is 0 Å². The number of hydrogen-bond acceptors (Lipinski definition) is 11. The summed E-state index contributed by atoms with van der Waals surface area (Å²) in [5.74, 6) is 1.09. The molecular formula is C42H44ClN7O5. The van der Waals surface area contributed by atoms with Gasteiger partial charge in [0.25, 0.3) is 5.91 Å². The molecule has 6 rings (SSSR count). The minimum absolute atomic E-state index is 0.0542. The van der Waals surface area contributed by atoms with Crippen molar-refractivity contribution in [1.82, 2.24) is 25.2 Å². The van der Waals surface area contributed by atoms with Gasteiger partial charge in [-0.3, -0.25) is 9.78 Å². The lowest BCUT2D eigenvalue weighted by Crippen LogP contribution is -2.24. The number of aromatic nitrogens is 3. The largest absolute Gasteiger partial charge is 0.493 e. The molecule has 3 aromatic carbocycles. The highest BCUT2D eigenvalue weighted by Crippen LogP contribution is 2.36. The molecule has 1 amide bonds. The monoisotopic (exact) mass is 761 g/mol. The molecule has 55 heavy (non-hydrogen) atoms. The first-order valence-corrected chi connectivity index (χ1v) is 18.5. The first-order valence-electron chi connectivity index (χ1n) is 18.1. The van der Waals surface area contributed by atoms with E-state index in [0.29, 0.717) is 47.5 Å². The van der Waals surface area contributed by atoms with Gasteiger partial charge in [0.15, 0.2) is 0 Å². The number of pyridine rings is 1. The van der Waals surface area contributed by atoms with Gasteiger partial charge in [0.1, 0.15) is 36.5 Å². The summed E-state index contributed by atoms with van der Waals surface area (Å²) in [6, 6.07) is 21.4. The van der Waals surface area contributed by atoms with E-state index in [1.54, 1.807) is 30.5 Å². The molecule has 12 nitrogen and oxygen atoms in total. The highest BCUT2D eigenvalue weighted by molar-refractivity contribution is 6.32. The number of rotatable bonds is 17. The average Bonchev–Trinajstić information content (AvgIpc) is 3.61. The van der Waals surface area contributed by atoms with Crippen molar-refractivity contribution in [3.05, 3.63) is 129 Å². The highest BCUT2D eigenvalue weighted by atomic mass is 35.5. The standard InChI is InChI=1S/C42H44ClN7O5/c1-27-31(6-3-7-35(27)36-8-4-9-38(28(36)2)53-15-5-13-50-14-11-34(51)24-50)26-55-40-18-39(54-25-30-16-29(19-44)20-46-21-30)32(17-37(40)43)22-47-23-33-10-12-48-42(49-33)41(45)52/h3-4,6-10,12,16-18,20-21,34,47,51H,5,11,13-15,22-26H2,1-2H3,(H2,45,52)/t34-/m1/s1. The Hall–Kier alpha value is -5.58. The molecule has 1 saturated heterocycles. The third-order valence-electron chi connectivity index (χ3n) is 9.52. The van der Waals surface area contributed by atoms with Crippen molar-refractivity contribution in [2.75, 3.05) is 26.2 Å². The summed E-state index contributed by atoms with van der Waals surface area (Å²) in [5.41, 5.74) is 13.2. The summed E-state index contributed by atoms with van der Waals surface area (Å²) >= 11 is 6.82. The number of ether oxygens (including phenoxy) is 3. The minimum Gasteiger partial charge on any atom is -0.493 e. The van der Waals surface area contributed by atoms with Crippen molar-refractivity contribution in [2.24, 2.45) is 5.73 Å². The molecule has 2 aromatic heterocycles. The van der Waals surface area contributed by atoms with Gasteiger partial charge in [0.05, 0.1) is 29.0 Å². The number of likely N-dealkylation sites (tertiary alicyclic amines) is 1. The van der Waals surface area contributed by atoms with E-state index in [4.69, 9.17) is 31.5 Å². The van der Waals surface area contributed by atoms with Gasteiger partial charge in [-0.1, -0.05) is 41.9 Å². The van der Waals surface area contributed by atoms with Crippen LogP contribution in [0.2, 0.25) is 5.02 Å². The van der Waals surface area contributed by atoms with Gasteiger partial charge in [-0.05, 0) is 78.8 Å². The predicted octanol–water partition coefficient (Wildman–Crippen LogP) is 6.06. The molecule has 3 heterocycles. The minimum atomic E-state index is -0.700. The normalized spacial score (nSPS) is 14.1. The zero-order chi connectivity index (χ0) is 38.7. The lowest BCUT2D eigenvalue weighted by molar-refractivity contribution is 0.0990. The first-order chi connectivity index (χ1) is 26.7. The number of primary amides is 1. The quantitative estimate of drug-likeness (QED) is 0.0942. The zero-order valence-electron chi connectivity index (χ0n) is 30.9. The number of carbonyl (C=O) groups excluding carboxylic acids is 1. The molecule has 0 spiro atoms. The summed E-state index contributed by atoms with van der Waals surface area (Å²) in [6.07, 6.45) is 6.15. The van der Waals surface area contributed by atoms with E-state index >= 15 is 0 Å². The van der Waals surface area contributed by atoms with E-state index in [-0.39, 0.29) is 25.1 Å². The molecule has 0 saturated carbocycles. The van der Waals surface area contributed by atoms with Crippen molar-refractivity contribution in [3.63, 3.8) is 0 Å². The maximum Gasteiger partial charge on any atom is 0.286 e. The van der Waals surface area contributed by atoms with Crippen molar-refractivity contribution in [2.45, 2.75) is 59.1 Å². The van der Waals surface area contributed by atoms with Crippen LogP contribution in [0.1, 0.15) is 62.5 Å². The number of nitrogens with zero attached hydrogens (tertiary/aromatic N) is 5. The van der Waals surface area contributed by atoms with Crippen LogP contribution in [-0.2, 0) is 26.3 Å². The summed E-state index contributed by atoms with van der Waals surface area (Å²) in [6.45, 7) is 8.48. The second-order valence-electron chi connectivity index (χ2n) is 13.5. The Morgan fingerprint density at radius 3 is 2.56 bits per heavy atom. The topological polar surface area (TPSA) is 169 Å². The van der Waals surface area contributed by atoms with Gasteiger partial charge in [-0.2, -0.15) is 5.26 Å². The lowest BCUT2D eigenvalue weighted by Gasteiger charge is -2.19. The van der Waals surface area contributed by atoms with Crippen LogP contribution in [0.4, 0.5) is 0 Å². The zero-order valence-corrected chi connectivity index (χ0v) is 31.7. The Balaban J connectivity index is 1.16. The number of aliphatic hydroxyl groups is 1. The highest BCUT2D eigenvalue weighted by Gasteiger charge is 2.20. The van der Waals surface area contributed by atoms with Crippen LogP contribution in [-0.4, -0.2) is 63.2 Å². The number of β-amino-alcohol motifs (C(OH)–C–C–N with tert-alkyl or cyclic N) is 1. The van der Waals surface area contributed by atoms with Crippen LogP contribution < -0.4 is 25.3 Å². The van der Waals surface area contributed by atoms with Gasteiger partial charge in [0.2, 0.25) is 5.82 Å². The van der Waals surface area contributed by atoms with Crippen molar-refractivity contribution < 1.29 is 24.1 Å². The maximum absolute atomic E-state index is 11.5. The number of carbonyl (C=O) groups is 1.